The minimum atomic E-state index is -1.30. The van der Waals surface area contributed by atoms with Gasteiger partial charge in [-0.1, -0.05) is 30.2 Å². The lowest BCUT2D eigenvalue weighted by molar-refractivity contribution is -0.135. The standard InChI is InChI=1S/C53H56F3N11O4/c1-3-36-39(54)11-7-32-5-4-6-37(44(32)36)46-45(55)47-38(26-57-46)48(66-27-33-8-9-34(28-66)58-33)61-50(60-47)71-31-52(15-16-52)29-63-19-17-53(56,18-20-63)30-64-21-23-65(24-22-64)35-10-12-40-42(25-35)62(2)51(70)67(40)41-13-14-43(68)59-49(41)69/h1,4-7,10-12,25-26,33-34,41,58H,8-9,13-24,27-31H2,2H3,(H,59,68,69). The number of piperidine rings is 2. The number of pyridine rings is 1. The number of rotatable bonds is 11. The molecule has 3 aromatic carbocycles. The first-order valence-electron chi connectivity index (χ1n) is 25.0. The second kappa shape index (κ2) is 17.6. The van der Waals surface area contributed by atoms with E-state index in [0.29, 0.717) is 129 Å². The lowest BCUT2D eigenvalue weighted by Gasteiger charge is -2.43. The minimum Gasteiger partial charge on any atom is -0.463 e. The van der Waals surface area contributed by atoms with E-state index in [0.717, 1.165) is 37.9 Å². The van der Waals surface area contributed by atoms with Gasteiger partial charge >= 0.3 is 11.7 Å². The van der Waals surface area contributed by atoms with Gasteiger partial charge in [0.2, 0.25) is 11.8 Å². The van der Waals surface area contributed by atoms with Gasteiger partial charge in [-0.2, -0.15) is 9.97 Å². The number of nitrogens with one attached hydrogen (secondary N) is 2. The molecule has 2 N–H and O–H groups in total. The number of benzene rings is 3. The summed E-state index contributed by atoms with van der Waals surface area (Å²) in [4.78, 5) is 61.0. The first-order valence-corrected chi connectivity index (χ1v) is 25.0. The van der Waals surface area contributed by atoms with E-state index in [1.165, 1.54) is 10.6 Å². The van der Waals surface area contributed by atoms with E-state index in [2.05, 4.69) is 41.1 Å². The first-order chi connectivity index (χ1) is 34.3. The maximum absolute atomic E-state index is 17.1. The van der Waals surface area contributed by atoms with E-state index >= 15 is 13.2 Å². The normalized spacial score (nSPS) is 23.4. The lowest BCUT2D eigenvalue weighted by atomic mass is 9.91. The topological polar surface area (TPSA) is 146 Å². The summed E-state index contributed by atoms with van der Waals surface area (Å²) in [5, 5.41) is 7.57. The second-order valence-electron chi connectivity index (χ2n) is 20.9. The third-order valence-electron chi connectivity index (χ3n) is 16.2. The van der Waals surface area contributed by atoms with Crippen molar-refractivity contribution in [1.29, 1.82) is 0 Å². The molecule has 5 aliphatic heterocycles. The van der Waals surface area contributed by atoms with Gasteiger partial charge in [-0.15, -0.1) is 6.42 Å². The number of imidazole rings is 1. The smallest absolute Gasteiger partial charge is 0.329 e. The van der Waals surface area contributed by atoms with Gasteiger partial charge in [0, 0.05) is 119 Å². The molecular formula is C53H56F3N11O4. The summed E-state index contributed by atoms with van der Waals surface area (Å²) in [5.74, 6) is 1.02. The van der Waals surface area contributed by atoms with Crippen LogP contribution in [-0.4, -0.2) is 136 Å². The predicted molar refractivity (Wildman–Crippen MR) is 264 cm³/mol. The van der Waals surface area contributed by atoms with Crippen molar-refractivity contribution in [2.24, 2.45) is 12.5 Å². The largest absolute Gasteiger partial charge is 0.463 e. The number of nitrogens with zero attached hydrogens (tertiary/aromatic N) is 9. The highest BCUT2D eigenvalue weighted by Gasteiger charge is 2.47. The fourth-order valence-corrected chi connectivity index (χ4v) is 12.0. The molecule has 2 amide bonds. The zero-order valence-electron chi connectivity index (χ0n) is 39.7. The van der Waals surface area contributed by atoms with E-state index in [1.807, 2.05) is 24.3 Å². The monoisotopic (exact) mass is 967 g/mol. The van der Waals surface area contributed by atoms with Crippen molar-refractivity contribution >= 4 is 56.0 Å². The lowest BCUT2D eigenvalue weighted by Crippen LogP contribution is -2.54. The Morgan fingerprint density at radius 1 is 0.859 bits per heavy atom. The molecule has 6 aliphatic rings. The van der Waals surface area contributed by atoms with Crippen LogP contribution in [0.15, 0.2) is 59.5 Å². The third kappa shape index (κ3) is 8.34. The Balaban J connectivity index is 0.698. The van der Waals surface area contributed by atoms with Crippen LogP contribution in [-0.2, 0) is 16.6 Å². The quantitative estimate of drug-likeness (QED) is 0.126. The fraction of sp³-hybridized carbons (Fsp3) is 0.472. The van der Waals surface area contributed by atoms with Crippen LogP contribution in [0.2, 0.25) is 0 Å². The molecule has 5 saturated heterocycles. The number of imide groups is 1. The molecular weight excluding hydrogens is 912 g/mol. The number of fused-ring (bicyclic) bond motifs is 5. The van der Waals surface area contributed by atoms with E-state index in [4.69, 9.17) is 21.1 Å². The predicted octanol–water partition coefficient (Wildman–Crippen LogP) is 5.46. The number of carbonyl (C=O) groups excluding carboxylic acids is 2. The van der Waals surface area contributed by atoms with Crippen molar-refractivity contribution < 1.29 is 27.5 Å². The van der Waals surface area contributed by atoms with Crippen molar-refractivity contribution in [2.75, 3.05) is 81.9 Å². The summed E-state index contributed by atoms with van der Waals surface area (Å²) in [7, 11) is 1.69. The summed E-state index contributed by atoms with van der Waals surface area (Å²) >= 11 is 0. The van der Waals surface area contributed by atoms with Gasteiger partial charge in [0.05, 0.1) is 28.6 Å². The number of aromatic nitrogens is 5. The van der Waals surface area contributed by atoms with E-state index < -0.39 is 29.3 Å². The highest BCUT2D eigenvalue weighted by Crippen LogP contribution is 2.48. The molecule has 18 heteroatoms. The van der Waals surface area contributed by atoms with E-state index in [1.54, 1.807) is 36.0 Å². The molecule has 12 rings (SSSR count). The van der Waals surface area contributed by atoms with Crippen LogP contribution in [0.1, 0.15) is 63.0 Å². The van der Waals surface area contributed by atoms with Crippen LogP contribution in [0, 0.1) is 29.4 Å². The van der Waals surface area contributed by atoms with E-state index in [-0.39, 0.29) is 52.6 Å². The van der Waals surface area contributed by atoms with Gasteiger partial charge in [0.25, 0.3) is 0 Å². The van der Waals surface area contributed by atoms with Crippen molar-refractivity contribution in [3.63, 3.8) is 0 Å². The van der Waals surface area contributed by atoms with Crippen molar-refractivity contribution in [3.05, 3.63) is 82.4 Å². The minimum absolute atomic E-state index is 0.0155. The Labute approximate surface area is 408 Å². The fourth-order valence-electron chi connectivity index (χ4n) is 12.0. The van der Waals surface area contributed by atoms with Gasteiger partial charge in [-0.3, -0.25) is 33.9 Å². The van der Waals surface area contributed by atoms with Gasteiger partial charge in [-0.25, -0.2) is 18.0 Å². The Hall–Kier alpha value is -6.55. The Bertz CT molecular complexity index is 3230. The van der Waals surface area contributed by atoms with Gasteiger partial charge < -0.3 is 24.8 Å². The molecule has 6 fully saturated rings. The molecule has 3 unspecified atom stereocenters. The molecule has 6 aromatic rings. The molecule has 1 aliphatic carbocycles. The molecule has 2 bridgehead atoms. The van der Waals surface area contributed by atoms with Crippen LogP contribution in [0.5, 0.6) is 6.01 Å². The third-order valence-corrected chi connectivity index (χ3v) is 16.2. The Morgan fingerprint density at radius 3 is 2.35 bits per heavy atom. The maximum Gasteiger partial charge on any atom is 0.329 e. The number of piperazine rings is 2. The van der Waals surface area contributed by atoms with E-state index in [9.17, 15) is 14.4 Å². The zero-order valence-corrected chi connectivity index (χ0v) is 39.7. The number of terminal acetylenes is 1. The van der Waals surface area contributed by atoms with Crippen LogP contribution < -0.4 is 30.9 Å². The number of amides is 2. The Morgan fingerprint density at radius 2 is 1.62 bits per heavy atom. The van der Waals surface area contributed by atoms with Crippen LogP contribution >= 0.6 is 0 Å². The van der Waals surface area contributed by atoms with Crippen LogP contribution in [0.3, 0.4) is 0 Å². The van der Waals surface area contributed by atoms with Gasteiger partial charge in [0.15, 0.2) is 5.82 Å². The first kappa shape index (κ1) is 45.6. The van der Waals surface area contributed by atoms with Crippen molar-refractivity contribution in [3.8, 4) is 29.6 Å². The molecule has 15 nitrogen and oxygen atoms in total. The van der Waals surface area contributed by atoms with Crippen molar-refractivity contribution in [2.45, 2.75) is 75.2 Å². The summed E-state index contributed by atoms with van der Waals surface area (Å²) in [6.45, 7) is 6.98. The number of aryl methyl sites for hydroxylation is 1. The number of carbonyl (C=O) groups is 2. The highest BCUT2D eigenvalue weighted by molar-refractivity contribution is 6.02. The number of halogens is 3. The summed E-state index contributed by atoms with van der Waals surface area (Å²) < 4.78 is 58.2. The summed E-state index contributed by atoms with van der Waals surface area (Å²) in [6.07, 6.45) is 12.7. The van der Waals surface area contributed by atoms with Crippen LogP contribution in [0.4, 0.5) is 24.7 Å². The number of ether oxygens (including phenoxy) is 1. The number of hydrogen-bond donors (Lipinski definition) is 2. The van der Waals surface area contributed by atoms with Crippen LogP contribution in [0.25, 0.3) is 44.0 Å². The summed E-state index contributed by atoms with van der Waals surface area (Å²) in [5.41, 5.74) is 1.07. The van der Waals surface area contributed by atoms with Crippen molar-refractivity contribution in [1.82, 2.24) is 44.5 Å². The molecule has 0 spiro atoms. The molecule has 0 radical (unpaired) electrons. The summed E-state index contributed by atoms with van der Waals surface area (Å²) in [6, 6.07) is 14.0. The molecule has 368 valence electrons. The number of anilines is 2. The zero-order chi connectivity index (χ0) is 48.8. The molecule has 1 saturated carbocycles. The second-order valence-corrected chi connectivity index (χ2v) is 20.9. The van der Waals surface area contributed by atoms with Gasteiger partial charge in [0.1, 0.15) is 34.6 Å². The molecule has 3 aromatic heterocycles. The average Bonchev–Trinajstić information content (AvgIpc) is 3.99. The molecule has 3 atom stereocenters. The maximum atomic E-state index is 17.1. The SMILES string of the molecule is C#Cc1c(F)ccc2cccc(-c3ncc4c(N5CC6CCC(C5)N6)nc(OCC5(CN6CCC(F)(CN7CCN(c8ccc9c(c8)n(C)c(=O)n9C8CCC(=O)NC8=O)CC7)CC6)CC5)nc4c3F)c12. The van der Waals surface area contributed by atoms with Gasteiger partial charge in [-0.05, 0) is 74.6 Å². The number of alkyl halides is 1. The molecule has 71 heavy (non-hydrogen) atoms. The number of likely N-dealkylation sites (tertiary alicyclic amines) is 1. The Kier molecular flexibility index (Phi) is 11.3. The molecule has 8 heterocycles. The average molecular weight is 968 g/mol. The highest BCUT2D eigenvalue weighted by atomic mass is 19.1. The number of hydrogen-bond acceptors (Lipinski definition) is 12.